The topological polar surface area (TPSA) is 97.1 Å². The van der Waals surface area contributed by atoms with Gasteiger partial charge in [-0.05, 0) is 74.4 Å². The summed E-state index contributed by atoms with van der Waals surface area (Å²) < 4.78 is 11.7. The van der Waals surface area contributed by atoms with E-state index in [0.717, 1.165) is 55.1 Å². The highest BCUT2D eigenvalue weighted by molar-refractivity contribution is 6.00. The quantitative estimate of drug-likeness (QED) is 0.368. The number of anilines is 1. The van der Waals surface area contributed by atoms with Crippen LogP contribution in [0.1, 0.15) is 54.2 Å². The predicted octanol–water partition coefficient (Wildman–Crippen LogP) is 3.09. The van der Waals surface area contributed by atoms with Crippen molar-refractivity contribution in [3.05, 3.63) is 52.6 Å². The van der Waals surface area contributed by atoms with Crippen molar-refractivity contribution in [2.75, 3.05) is 44.4 Å². The number of hydrogen-bond acceptors (Lipinski definition) is 6. The average Bonchev–Trinajstić information content (AvgIpc) is 3.23. The second-order valence-electron chi connectivity index (χ2n) is 8.80. The Morgan fingerprint density at radius 1 is 1.18 bits per heavy atom. The molecule has 2 aromatic carbocycles. The molecule has 0 radical (unpaired) electrons. The van der Waals surface area contributed by atoms with E-state index in [1.807, 2.05) is 25.1 Å². The van der Waals surface area contributed by atoms with Crippen LogP contribution in [-0.4, -0.2) is 56.5 Å². The van der Waals surface area contributed by atoms with Crippen molar-refractivity contribution in [1.29, 1.82) is 0 Å². The van der Waals surface area contributed by atoms with Crippen molar-refractivity contribution in [2.24, 2.45) is 5.73 Å². The van der Waals surface area contributed by atoms with Gasteiger partial charge in [-0.15, -0.1) is 0 Å². The van der Waals surface area contributed by atoms with Gasteiger partial charge in [-0.2, -0.15) is 0 Å². The zero-order chi connectivity index (χ0) is 24.5. The van der Waals surface area contributed by atoms with Gasteiger partial charge in [0.25, 0.3) is 5.91 Å². The largest absolute Gasteiger partial charge is 0.490 e. The Bertz CT molecular complexity index is 963. The molecule has 0 unspecified atom stereocenters. The number of rotatable bonds is 14. The zero-order valence-electron chi connectivity index (χ0n) is 20.7. The second-order valence-corrected chi connectivity index (χ2v) is 8.80. The van der Waals surface area contributed by atoms with Gasteiger partial charge in [-0.1, -0.05) is 19.1 Å². The number of benzene rings is 2. The van der Waals surface area contributed by atoms with Crippen LogP contribution in [-0.2, 0) is 19.3 Å². The van der Waals surface area contributed by atoms with Crippen LogP contribution in [0.5, 0.6) is 11.5 Å². The number of aliphatic hydroxyl groups excluding tert-OH is 1. The van der Waals surface area contributed by atoms with Crippen LogP contribution in [0.4, 0.5) is 5.69 Å². The predicted molar refractivity (Wildman–Crippen MR) is 136 cm³/mol. The van der Waals surface area contributed by atoms with Crippen molar-refractivity contribution in [3.63, 3.8) is 0 Å². The number of aryl methyl sites for hydroxylation is 1. The van der Waals surface area contributed by atoms with Crippen molar-refractivity contribution < 1.29 is 19.4 Å². The first kappa shape index (κ1) is 25.8. The Balaban J connectivity index is 1.56. The third-order valence-corrected chi connectivity index (χ3v) is 6.18. The number of carbonyl (C=O) groups excluding carboxylic acids is 1. The first-order valence-corrected chi connectivity index (χ1v) is 12.4. The molecule has 0 fully saturated rings. The monoisotopic (exact) mass is 469 g/mol. The Kier molecular flexibility index (Phi) is 9.60. The van der Waals surface area contributed by atoms with Crippen molar-refractivity contribution in [3.8, 4) is 11.5 Å². The zero-order valence-corrected chi connectivity index (χ0v) is 20.7. The third kappa shape index (κ3) is 6.64. The van der Waals surface area contributed by atoms with E-state index in [-0.39, 0.29) is 12.6 Å². The van der Waals surface area contributed by atoms with Gasteiger partial charge in [-0.25, -0.2) is 0 Å². The number of primary amides is 1. The molecule has 1 atom stereocenters. The molecule has 0 spiro atoms. The minimum atomic E-state index is -0.401. The summed E-state index contributed by atoms with van der Waals surface area (Å²) in [5.41, 5.74) is 10.7. The number of hydrogen-bond donors (Lipinski definition) is 3. The van der Waals surface area contributed by atoms with Gasteiger partial charge in [0.05, 0.1) is 17.9 Å². The van der Waals surface area contributed by atoms with E-state index in [0.29, 0.717) is 31.7 Å². The number of amides is 1. The molecule has 7 nitrogen and oxygen atoms in total. The van der Waals surface area contributed by atoms with Gasteiger partial charge >= 0.3 is 0 Å². The Hall–Kier alpha value is -2.77. The molecule has 0 bridgehead atoms. The average molecular weight is 470 g/mol. The second kappa shape index (κ2) is 12.6. The molecule has 0 saturated carbocycles. The summed E-state index contributed by atoms with van der Waals surface area (Å²) in [6.07, 6.45) is 3.32. The smallest absolute Gasteiger partial charge is 0.250 e. The molecule has 4 N–H and O–H groups in total. The standard InChI is InChI=1S/C27H39N3O4/c1-4-20-7-8-24(25(18-20)33-5-2)34-14-10-29-19(3)15-21-16-22-9-12-30(11-6-13-31)26(22)23(17-21)27(28)32/h7-8,16-19,29,31H,4-6,9-15H2,1-3H3,(H2,28,32)/t19-/m1/s1. The van der Waals surface area contributed by atoms with Crippen LogP contribution in [0.25, 0.3) is 0 Å². The Morgan fingerprint density at radius 3 is 2.71 bits per heavy atom. The van der Waals surface area contributed by atoms with Gasteiger partial charge < -0.3 is 30.5 Å². The van der Waals surface area contributed by atoms with Crippen LogP contribution in [0.3, 0.4) is 0 Å². The lowest BCUT2D eigenvalue weighted by molar-refractivity contribution is 0.100. The number of fused-ring (bicyclic) bond motifs is 1. The van der Waals surface area contributed by atoms with E-state index in [1.165, 1.54) is 11.1 Å². The molecule has 0 saturated heterocycles. The molecular formula is C27H39N3O4. The van der Waals surface area contributed by atoms with Crippen LogP contribution in [0.15, 0.2) is 30.3 Å². The normalized spacial score (nSPS) is 13.6. The maximum atomic E-state index is 12.2. The van der Waals surface area contributed by atoms with Gasteiger partial charge in [0.15, 0.2) is 11.5 Å². The maximum absolute atomic E-state index is 12.2. The van der Waals surface area contributed by atoms with Gasteiger partial charge in [0, 0.05) is 32.3 Å². The van der Waals surface area contributed by atoms with Gasteiger partial charge in [-0.3, -0.25) is 4.79 Å². The molecule has 7 heteroatoms. The molecule has 1 heterocycles. The Labute approximate surface area is 203 Å². The molecule has 0 aliphatic carbocycles. The lowest BCUT2D eigenvalue weighted by atomic mass is 9.98. The van der Waals surface area contributed by atoms with Crippen LogP contribution in [0, 0.1) is 0 Å². The van der Waals surface area contributed by atoms with Crippen LogP contribution < -0.4 is 25.4 Å². The van der Waals surface area contributed by atoms with E-state index in [4.69, 9.17) is 20.3 Å². The van der Waals surface area contributed by atoms with Crippen molar-refractivity contribution in [2.45, 2.75) is 52.5 Å². The fourth-order valence-corrected chi connectivity index (χ4v) is 4.53. The highest BCUT2D eigenvalue weighted by atomic mass is 16.5. The number of carbonyl (C=O) groups is 1. The number of nitrogens with one attached hydrogen (secondary N) is 1. The van der Waals surface area contributed by atoms with Crippen LogP contribution in [0.2, 0.25) is 0 Å². The Morgan fingerprint density at radius 2 is 2.00 bits per heavy atom. The number of ether oxygens (including phenoxy) is 2. The van der Waals surface area contributed by atoms with Crippen LogP contribution >= 0.6 is 0 Å². The van der Waals surface area contributed by atoms with Gasteiger partial charge in [0.2, 0.25) is 0 Å². The number of nitrogens with two attached hydrogens (primary N) is 1. The lowest BCUT2D eigenvalue weighted by Crippen LogP contribution is -2.32. The SMILES string of the molecule is CCOc1cc(CC)ccc1OCCN[C@H](C)Cc1cc2c(c(C(N)=O)c1)N(CCCO)CC2. The molecule has 1 aliphatic rings. The summed E-state index contributed by atoms with van der Waals surface area (Å²) in [4.78, 5) is 14.3. The third-order valence-electron chi connectivity index (χ3n) is 6.18. The molecular weight excluding hydrogens is 430 g/mol. The van der Waals surface area contributed by atoms with Gasteiger partial charge in [0.1, 0.15) is 6.61 Å². The van der Waals surface area contributed by atoms with E-state index >= 15 is 0 Å². The summed E-state index contributed by atoms with van der Waals surface area (Å²) in [7, 11) is 0. The number of aliphatic hydroxyl groups is 1. The lowest BCUT2D eigenvalue weighted by Gasteiger charge is -2.22. The summed E-state index contributed by atoms with van der Waals surface area (Å²) in [5, 5.41) is 12.7. The molecule has 0 aromatic heterocycles. The first-order chi connectivity index (χ1) is 16.5. The summed E-state index contributed by atoms with van der Waals surface area (Å²) in [5.74, 6) is 1.16. The highest BCUT2D eigenvalue weighted by Crippen LogP contribution is 2.33. The fourth-order valence-electron chi connectivity index (χ4n) is 4.53. The highest BCUT2D eigenvalue weighted by Gasteiger charge is 2.25. The first-order valence-electron chi connectivity index (χ1n) is 12.4. The van der Waals surface area contributed by atoms with E-state index in [2.05, 4.69) is 36.2 Å². The number of nitrogens with zero attached hydrogens (tertiary/aromatic N) is 1. The summed E-state index contributed by atoms with van der Waals surface area (Å²) >= 11 is 0. The molecule has 2 aromatic rings. The molecule has 186 valence electrons. The minimum absolute atomic E-state index is 0.139. The molecule has 1 amide bonds. The van der Waals surface area contributed by atoms with Crippen molar-refractivity contribution in [1.82, 2.24) is 5.32 Å². The van der Waals surface area contributed by atoms with E-state index < -0.39 is 5.91 Å². The van der Waals surface area contributed by atoms with E-state index in [1.54, 1.807) is 0 Å². The van der Waals surface area contributed by atoms with E-state index in [9.17, 15) is 4.79 Å². The summed E-state index contributed by atoms with van der Waals surface area (Å²) in [6.45, 7) is 9.79. The maximum Gasteiger partial charge on any atom is 0.250 e. The fraction of sp³-hybridized carbons (Fsp3) is 0.519. The molecule has 34 heavy (non-hydrogen) atoms. The summed E-state index contributed by atoms with van der Waals surface area (Å²) in [6, 6.07) is 10.4. The minimum Gasteiger partial charge on any atom is -0.490 e. The molecule has 3 rings (SSSR count). The van der Waals surface area contributed by atoms with Crippen molar-refractivity contribution >= 4 is 11.6 Å². The molecule has 1 aliphatic heterocycles.